The number of thiazole rings is 1. The lowest BCUT2D eigenvalue weighted by molar-refractivity contribution is -0.232. The SMILES string of the molecule is Cc1cc(Nc2nccc(C)n2)cc(-c2cnc(C3(O)C4CC5CC3CC(O)(C5)C4)s2)c1. The van der Waals surface area contributed by atoms with Crippen LogP contribution in [0.2, 0.25) is 0 Å². The molecule has 2 unspecified atom stereocenters. The Balaban J connectivity index is 1.31. The molecule has 3 aromatic rings. The van der Waals surface area contributed by atoms with Crippen molar-refractivity contribution < 1.29 is 10.2 Å². The van der Waals surface area contributed by atoms with E-state index in [1.165, 1.54) is 0 Å². The minimum Gasteiger partial charge on any atom is -0.390 e. The average Bonchev–Trinajstić information content (AvgIpc) is 3.21. The highest BCUT2D eigenvalue weighted by molar-refractivity contribution is 7.15. The molecule has 4 aliphatic rings. The lowest BCUT2D eigenvalue weighted by atomic mass is 9.48. The van der Waals surface area contributed by atoms with Crippen molar-refractivity contribution in [2.75, 3.05) is 5.32 Å². The van der Waals surface area contributed by atoms with Gasteiger partial charge in [0, 0.05) is 23.8 Å². The highest BCUT2D eigenvalue weighted by Gasteiger charge is 2.63. The van der Waals surface area contributed by atoms with Gasteiger partial charge in [0.05, 0.1) is 10.5 Å². The quantitative estimate of drug-likeness (QED) is 0.535. The molecule has 2 atom stereocenters. The van der Waals surface area contributed by atoms with E-state index in [2.05, 4.69) is 40.4 Å². The number of nitrogens with one attached hydrogen (secondary N) is 1. The molecule has 3 N–H and O–H groups in total. The molecule has 0 amide bonds. The van der Waals surface area contributed by atoms with Gasteiger partial charge in [0.15, 0.2) is 0 Å². The largest absolute Gasteiger partial charge is 0.390 e. The van der Waals surface area contributed by atoms with E-state index in [1.807, 2.05) is 19.2 Å². The second-order valence-electron chi connectivity index (χ2n) is 10.2. The molecule has 4 bridgehead atoms. The first-order chi connectivity index (χ1) is 15.3. The van der Waals surface area contributed by atoms with Crippen LogP contribution in [0, 0.1) is 31.6 Å². The van der Waals surface area contributed by atoms with Crippen LogP contribution in [-0.4, -0.2) is 30.8 Å². The Hall–Kier alpha value is -2.35. The summed E-state index contributed by atoms with van der Waals surface area (Å²) in [6, 6.07) is 8.17. The van der Waals surface area contributed by atoms with E-state index in [-0.39, 0.29) is 11.8 Å². The summed E-state index contributed by atoms with van der Waals surface area (Å²) in [4.78, 5) is 14.5. The molecule has 0 radical (unpaired) electrons. The van der Waals surface area contributed by atoms with Gasteiger partial charge in [-0.05, 0) is 93.0 Å². The summed E-state index contributed by atoms with van der Waals surface area (Å²) in [5, 5.41) is 26.9. The van der Waals surface area contributed by atoms with E-state index in [0.29, 0.717) is 24.7 Å². The first kappa shape index (κ1) is 20.3. The molecule has 4 fully saturated rings. The van der Waals surface area contributed by atoms with Crippen LogP contribution in [0.4, 0.5) is 11.6 Å². The van der Waals surface area contributed by atoms with Gasteiger partial charge in [-0.3, -0.25) is 0 Å². The first-order valence-electron chi connectivity index (χ1n) is 11.4. The van der Waals surface area contributed by atoms with E-state index in [1.54, 1.807) is 17.5 Å². The maximum atomic E-state index is 11.9. The summed E-state index contributed by atoms with van der Waals surface area (Å²) in [7, 11) is 0. The van der Waals surface area contributed by atoms with Crippen molar-refractivity contribution in [3.8, 4) is 10.4 Å². The van der Waals surface area contributed by atoms with Crippen molar-refractivity contribution in [2.45, 2.75) is 57.2 Å². The van der Waals surface area contributed by atoms with Gasteiger partial charge in [-0.2, -0.15) is 0 Å². The standard InChI is InChI=1S/C25H28N4O2S/c1-14-5-17(9-20(6-14)29-23-26-4-3-15(2)28-23)21-13-27-22(32-21)25(31)18-7-16-8-19(25)12-24(30,10-16)11-18/h3-6,9,13,16,18-19,30-31H,7-8,10-12H2,1-2H3,(H,26,28,29). The summed E-state index contributed by atoms with van der Waals surface area (Å²) in [5.74, 6) is 1.33. The van der Waals surface area contributed by atoms with E-state index in [0.717, 1.165) is 51.7 Å². The summed E-state index contributed by atoms with van der Waals surface area (Å²) in [6.07, 6.45) is 7.93. The van der Waals surface area contributed by atoms with Crippen LogP contribution in [0.15, 0.2) is 36.7 Å². The van der Waals surface area contributed by atoms with E-state index in [4.69, 9.17) is 4.98 Å². The van der Waals surface area contributed by atoms with Crippen molar-refractivity contribution in [2.24, 2.45) is 17.8 Å². The van der Waals surface area contributed by atoms with Crippen LogP contribution in [0.5, 0.6) is 0 Å². The molecule has 1 aromatic carbocycles. The van der Waals surface area contributed by atoms with Crippen LogP contribution in [-0.2, 0) is 5.60 Å². The zero-order chi connectivity index (χ0) is 22.1. The lowest BCUT2D eigenvalue weighted by Crippen LogP contribution is -2.61. The predicted molar refractivity (Wildman–Crippen MR) is 125 cm³/mol. The zero-order valence-corrected chi connectivity index (χ0v) is 19.2. The van der Waals surface area contributed by atoms with Crippen molar-refractivity contribution in [1.82, 2.24) is 15.0 Å². The van der Waals surface area contributed by atoms with Crippen molar-refractivity contribution in [1.29, 1.82) is 0 Å². The van der Waals surface area contributed by atoms with Crippen molar-refractivity contribution in [3.63, 3.8) is 0 Å². The lowest BCUT2D eigenvalue weighted by Gasteiger charge is -2.61. The number of hydrogen-bond donors (Lipinski definition) is 3. The maximum absolute atomic E-state index is 11.9. The predicted octanol–water partition coefficient (Wildman–Crippen LogP) is 4.72. The molecule has 2 aromatic heterocycles. The number of benzene rings is 1. The Labute approximate surface area is 191 Å². The Morgan fingerprint density at radius 2 is 1.81 bits per heavy atom. The fourth-order valence-corrected chi connectivity index (χ4v) is 7.67. The Morgan fingerprint density at radius 3 is 2.53 bits per heavy atom. The number of aryl methyl sites for hydroxylation is 2. The monoisotopic (exact) mass is 448 g/mol. The summed E-state index contributed by atoms with van der Waals surface area (Å²) in [5.41, 5.74) is 2.55. The van der Waals surface area contributed by atoms with Crippen molar-refractivity contribution >= 4 is 23.0 Å². The van der Waals surface area contributed by atoms with E-state index in [9.17, 15) is 10.2 Å². The molecule has 0 spiro atoms. The molecule has 6 nitrogen and oxygen atoms in total. The number of aliphatic hydroxyl groups is 2. The number of hydrogen-bond acceptors (Lipinski definition) is 7. The Bertz CT molecular complexity index is 1180. The molecule has 4 saturated carbocycles. The van der Waals surface area contributed by atoms with E-state index < -0.39 is 11.2 Å². The minimum atomic E-state index is -0.910. The number of aromatic nitrogens is 3. The number of nitrogens with zero attached hydrogens (tertiary/aromatic N) is 3. The second-order valence-corrected chi connectivity index (χ2v) is 11.2. The van der Waals surface area contributed by atoms with Crippen molar-refractivity contribution in [3.05, 3.63) is 52.9 Å². The normalized spacial score (nSPS) is 32.9. The van der Waals surface area contributed by atoms with E-state index >= 15 is 0 Å². The van der Waals surface area contributed by atoms with Gasteiger partial charge in [-0.25, -0.2) is 15.0 Å². The molecular formula is C25H28N4O2S. The van der Waals surface area contributed by atoms with Gasteiger partial charge >= 0.3 is 0 Å². The fraction of sp³-hybridized carbons (Fsp3) is 0.480. The third-order valence-corrected chi connectivity index (χ3v) is 8.85. The molecule has 0 aliphatic heterocycles. The van der Waals surface area contributed by atoms with Gasteiger partial charge in [-0.15, -0.1) is 11.3 Å². The molecule has 7 heteroatoms. The van der Waals surface area contributed by atoms with Gasteiger partial charge in [0.1, 0.15) is 10.6 Å². The smallest absolute Gasteiger partial charge is 0.227 e. The topological polar surface area (TPSA) is 91.2 Å². The Morgan fingerprint density at radius 1 is 1.03 bits per heavy atom. The van der Waals surface area contributed by atoms with Crippen LogP contribution in [0.1, 0.15) is 48.4 Å². The molecule has 2 heterocycles. The van der Waals surface area contributed by atoms with Gasteiger partial charge in [0.25, 0.3) is 0 Å². The number of anilines is 2. The van der Waals surface area contributed by atoms with Crippen LogP contribution < -0.4 is 5.32 Å². The third-order valence-electron chi connectivity index (χ3n) is 7.66. The van der Waals surface area contributed by atoms with Gasteiger partial charge < -0.3 is 15.5 Å². The van der Waals surface area contributed by atoms with Crippen LogP contribution >= 0.6 is 11.3 Å². The summed E-state index contributed by atoms with van der Waals surface area (Å²) < 4.78 is 0. The molecule has 4 aliphatic carbocycles. The summed E-state index contributed by atoms with van der Waals surface area (Å²) >= 11 is 1.59. The Kier molecular flexibility index (Phi) is 4.48. The molecule has 0 saturated heterocycles. The van der Waals surface area contributed by atoms with Gasteiger partial charge in [0.2, 0.25) is 5.95 Å². The molecule has 7 rings (SSSR count). The summed E-state index contributed by atoms with van der Waals surface area (Å²) in [6.45, 7) is 4.01. The fourth-order valence-electron chi connectivity index (χ4n) is 6.52. The molecular weight excluding hydrogens is 420 g/mol. The first-order valence-corrected chi connectivity index (χ1v) is 12.2. The second kappa shape index (κ2) is 7.07. The highest BCUT2D eigenvalue weighted by Crippen LogP contribution is 2.63. The maximum Gasteiger partial charge on any atom is 0.227 e. The highest BCUT2D eigenvalue weighted by atomic mass is 32.1. The average molecular weight is 449 g/mol. The van der Waals surface area contributed by atoms with Gasteiger partial charge in [-0.1, -0.05) is 6.07 Å². The molecule has 32 heavy (non-hydrogen) atoms. The number of rotatable bonds is 4. The third kappa shape index (κ3) is 3.26. The minimum absolute atomic E-state index is 0.103. The van der Waals surface area contributed by atoms with Crippen LogP contribution in [0.25, 0.3) is 10.4 Å². The zero-order valence-electron chi connectivity index (χ0n) is 18.4. The molecule has 166 valence electrons. The van der Waals surface area contributed by atoms with Crippen LogP contribution in [0.3, 0.4) is 0 Å².